The molecule has 4 nitrogen and oxygen atoms in total. The second kappa shape index (κ2) is 8.46. The second-order valence-corrected chi connectivity index (χ2v) is 8.07. The lowest BCUT2D eigenvalue weighted by Crippen LogP contribution is -2.12. The number of benzene rings is 2. The number of hydrogen-bond acceptors (Lipinski definition) is 6. The molecule has 4 rings (SSSR count). The summed E-state index contributed by atoms with van der Waals surface area (Å²) < 4.78 is 5.81. The van der Waals surface area contributed by atoms with E-state index in [1.54, 1.807) is 24.3 Å². The van der Waals surface area contributed by atoms with Crippen molar-refractivity contribution >= 4 is 38.2 Å². The van der Waals surface area contributed by atoms with Crippen LogP contribution < -0.4 is 4.74 Å². The highest BCUT2D eigenvalue weighted by Crippen LogP contribution is 2.45. The Bertz CT molecular complexity index is 1050. The molecular weight excluding hydrogens is 390 g/mol. The van der Waals surface area contributed by atoms with Crippen molar-refractivity contribution in [1.29, 1.82) is 0 Å². The number of nitrogens with zero attached hydrogens (tertiary/aromatic N) is 1. The monoisotopic (exact) mass is 405 g/mol. The van der Waals surface area contributed by atoms with Gasteiger partial charge in [-0.3, -0.25) is 9.59 Å². The highest BCUT2D eigenvalue weighted by molar-refractivity contribution is 8.84. The average Bonchev–Trinajstić information content (AvgIpc) is 3.23. The third-order valence-corrected chi connectivity index (χ3v) is 6.31. The number of para-hydroxylation sites is 1. The van der Waals surface area contributed by atoms with Crippen molar-refractivity contribution in [2.45, 2.75) is 0 Å². The molecule has 0 N–H and O–H groups in total. The Labute approximate surface area is 170 Å². The molecule has 2 aromatic carbocycles. The van der Waals surface area contributed by atoms with E-state index in [9.17, 15) is 9.59 Å². The van der Waals surface area contributed by atoms with Crippen LogP contribution in [-0.2, 0) is 4.79 Å². The van der Waals surface area contributed by atoms with Gasteiger partial charge in [0.25, 0.3) is 0 Å². The van der Waals surface area contributed by atoms with Crippen molar-refractivity contribution in [3.05, 3.63) is 101 Å². The van der Waals surface area contributed by atoms with Crippen molar-refractivity contribution < 1.29 is 14.3 Å². The molecule has 0 atom stereocenters. The molecule has 0 spiro atoms. The normalized spacial score (nSPS) is 18.3. The first-order chi connectivity index (χ1) is 13.7. The summed E-state index contributed by atoms with van der Waals surface area (Å²) in [6, 6.07) is 16.5. The lowest BCUT2D eigenvalue weighted by atomic mass is 10.1. The predicted molar refractivity (Wildman–Crippen MR) is 115 cm³/mol. The molecule has 138 valence electrons. The zero-order valence-corrected chi connectivity index (χ0v) is 16.3. The van der Waals surface area contributed by atoms with Crippen LogP contribution in [0.1, 0.15) is 15.9 Å². The van der Waals surface area contributed by atoms with Gasteiger partial charge in [0, 0.05) is 11.1 Å². The van der Waals surface area contributed by atoms with Gasteiger partial charge in [-0.1, -0.05) is 54.6 Å². The number of rotatable bonds is 5. The van der Waals surface area contributed by atoms with E-state index in [4.69, 9.17) is 4.74 Å². The van der Waals surface area contributed by atoms with Crippen LogP contribution in [0.3, 0.4) is 0 Å². The van der Waals surface area contributed by atoms with Gasteiger partial charge in [-0.2, -0.15) is 0 Å². The molecule has 2 aliphatic rings. The molecule has 0 bridgehead atoms. The quantitative estimate of drug-likeness (QED) is 0.398. The molecule has 1 heterocycles. The first-order valence-corrected chi connectivity index (χ1v) is 10.7. The Morgan fingerprint density at radius 1 is 0.929 bits per heavy atom. The number of carbonyl (C=O) groups excluding carboxylic acids is 2. The van der Waals surface area contributed by atoms with Crippen molar-refractivity contribution in [3.63, 3.8) is 0 Å². The summed E-state index contributed by atoms with van der Waals surface area (Å²) in [6.07, 6.45) is 6.86. The van der Waals surface area contributed by atoms with Crippen LogP contribution in [-0.4, -0.2) is 23.2 Å². The number of ether oxygens (including phenoxy) is 1. The van der Waals surface area contributed by atoms with E-state index in [-0.39, 0.29) is 18.2 Å². The van der Waals surface area contributed by atoms with Crippen LogP contribution in [0.2, 0.25) is 0 Å². The largest absolute Gasteiger partial charge is 0.485 e. The number of aliphatic imine (C=N–C) groups is 1. The van der Waals surface area contributed by atoms with Gasteiger partial charge in [-0.05, 0) is 45.9 Å². The molecule has 0 unspecified atom stereocenters. The fourth-order valence-corrected chi connectivity index (χ4v) is 4.91. The van der Waals surface area contributed by atoms with Gasteiger partial charge in [0.15, 0.2) is 18.2 Å². The minimum atomic E-state index is -0.0849. The van der Waals surface area contributed by atoms with Crippen LogP contribution >= 0.6 is 21.6 Å². The molecule has 1 aliphatic heterocycles. The summed E-state index contributed by atoms with van der Waals surface area (Å²) in [5.74, 6) is 0.460. The Balaban J connectivity index is 1.55. The summed E-state index contributed by atoms with van der Waals surface area (Å²) >= 11 is 0. The summed E-state index contributed by atoms with van der Waals surface area (Å²) in [5.41, 5.74) is 2.01. The maximum Gasteiger partial charge on any atom is 0.200 e. The van der Waals surface area contributed by atoms with Crippen LogP contribution in [0.4, 0.5) is 0 Å². The smallest absolute Gasteiger partial charge is 0.200 e. The number of allylic oxidation sites excluding steroid dienone is 5. The number of ketones is 2. The van der Waals surface area contributed by atoms with Crippen LogP contribution in [0.15, 0.2) is 94.5 Å². The SMILES string of the molecule is O=C1C=CC=C/C1=C1/N=C(c2ccccc2OCC(=O)c2ccccc2)SS1. The van der Waals surface area contributed by atoms with Gasteiger partial charge >= 0.3 is 0 Å². The highest BCUT2D eigenvalue weighted by Gasteiger charge is 2.23. The summed E-state index contributed by atoms with van der Waals surface area (Å²) in [5, 5.41) is 1.44. The molecule has 0 amide bonds. The molecule has 1 aliphatic carbocycles. The van der Waals surface area contributed by atoms with Crippen LogP contribution in [0.5, 0.6) is 5.75 Å². The maximum absolute atomic E-state index is 12.3. The van der Waals surface area contributed by atoms with E-state index in [2.05, 4.69) is 4.99 Å². The standard InChI is InChI=1S/C22H15NO3S2/c24-18-12-6-4-10-16(18)21-23-22(28-27-21)17-11-5-7-13-20(17)26-14-19(25)15-8-2-1-3-9-15/h1-13H,14H2/b21-16+. The third-order valence-electron chi connectivity index (χ3n) is 4.09. The summed E-state index contributed by atoms with van der Waals surface area (Å²) in [6.45, 7) is -0.0495. The first kappa shape index (κ1) is 18.5. The molecule has 0 saturated heterocycles. The Hall–Kier alpha value is -2.83. The van der Waals surface area contributed by atoms with E-state index in [0.717, 1.165) is 10.6 Å². The van der Waals surface area contributed by atoms with Crippen molar-refractivity contribution in [3.8, 4) is 5.75 Å². The Kier molecular flexibility index (Phi) is 5.60. The van der Waals surface area contributed by atoms with Crippen molar-refractivity contribution in [2.75, 3.05) is 6.61 Å². The maximum atomic E-state index is 12.3. The molecule has 0 saturated carbocycles. The number of carbonyl (C=O) groups is 2. The van der Waals surface area contributed by atoms with Crippen LogP contribution in [0.25, 0.3) is 0 Å². The lowest BCUT2D eigenvalue weighted by Gasteiger charge is -2.10. The molecule has 0 fully saturated rings. The van der Waals surface area contributed by atoms with Gasteiger partial charge in [-0.25, -0.2) is 4.99 Å². The third kappa shape index (κ3) is 4.03. The van der Waals surface area contributed by atoms with Gasteiger partial charge in [0.2, 0.25) is 0 Å². The highest BCUT2D eigenvalue weighted by atomic mass is 33.1. The van der Waals surface area contributed by atoms with E-state index in [1.165, 1.54) is 27.7 Å². The minimum Gasteiger partial charge on any atom is -0.485 e. The van der Waals surface area contributed by atoms with E-state index >= 15 is 0 Å². The summed E-state index contributed by atoms with van der Waals surface area (Å²) in [7, 11) is 2.93. The van der Waals surface area contributed by atoms with Crippen molar-refractivity contribution in [1.82, 2.24) is 0 Å². The fourth-order valence-electron chi connectivity index (χ4n) is 2.68. The van der Waals surface area contributed by atoms with E-state index in [1.807, 2.05) is 48.5 Å². The van der Waals surface area contributed by atoms with E-state index in [0.29, 0.717) is 21.9 Å². The van der Waals surface area contributed by atoms with Crippen LogP contribution in [0, 0.1) is 0 Å². The second-order valence-electron chi connectivity index (χ2n) is 5.96. The number of hydrogen-bond donors (Lipinski definition) is 0. The average molecular weight is 406 g/mol. The Morgan fingerprint density at radius 2 is 1.68 bits per heavy atom. The van der Waals surface area contributed by atoms with Gasteiger partial charge in [0.1, 0.15) is 15.8 Å². The topological polar surface area (TPSA) is 55.7 Å². The minimum absolute atomic E-state index is 0.0476. The molecule has 0 radical (unpaired) electrons. The van der Waals surface area contributed by atoms with Gasteiger partial charge in [-0.15, -0.1) is 0 Å². The summed E-state index contributed by atoms with van der Waals surface area (Å²) in [4.78, 5) is 29.0. The lowest BCUT2D eigenvalue weighted by molar-refractivity contribution is -0.111. The van der Waals surface area contributed by atoms with Gasteiger partial charge in [0.05, 0.1) is 5.57 Å². The molecule has 0 aromatic heterocycles. The zero-order valence-electron chi connectivity index (χ0n) is 14.7. The Morgan fingerprint density at radius 3 is 2.50 bits per heavy atom. The molecule has 2 aromatic rings. The van der Waals surface area contributed by atoms with Gasteiger partial charge < -0.3 is 4.74 Å². The molecular formula is C22H15NO3S2. The van der Waals surface area contributed by atoms with E-state index < -0.39 is 0 Å². The number of Topliss-reactive ketones (excluding diaryl/α,β-unsaturated/α-hetero) is 1. The molecule has 6 heteroatoms. The predicted octanol–water partition coefficient (Wildman–Crippen LogP) is 5.00. The fraction of sp³-hybridized carbons (Fsp3) is 0.0455. The molecule has 28 heavy (non-hydrogen) atoms. The van der Waals surface area contributed by atoms with Crippen molar-refractivity contribution in [2.24, 2.45) is 4.99 Å². The first-order valence-electron chi connectivity index (χ1n) is 8.59. The zero-order chi connectivity index (χ0) is 19.3.